The number of aromatic nitrogens is 1. The highest BCUT2D eigenvalue weighted by Crippen LogP contribution is 2.30. The molecule has 0 amide bonds. The van der Waals surface area contributed by atoms with E-state index in [2.05, 4.69) is 4.98 Å². The number of aryl methyl sites for hydroxylation is 1. The first-order chi connectivity index (χ1) is 11.9. The van der Waals surface area contributed by atoms with Crippen molar-refractivity contribution in [1.82, 2.24) is 9.29 Å². The van der Waals surface area contributed by atoms with E-state index in [0.717, 1.165) is 0 Å². The summed E-state index contributed by atoms with van der Waals surface area (Å²) in [6.07, 6.45) is 3.14. The van der Waals surface area contributed by atoms with Gasteiger partial charge in [0.2, 0.25) is 0 Å². The summed E-state index contributed by atoms with van der Waals surface area (Å²) in [6.45, 7) is 1.82. The first kappa shape index (κ1) is 19.0. The van der Waals surface area contributed by atoms with Gasteiger partial charge in [-0.3, -0.25) is 15.1 Å². The molecule has 0 atom stereocenters. The van der Waals surface area contributed by atoms with E-state index in [1.54, 1.807) is 37.5 Å². The zero-order valence-corrected chi connectivity index (χ0v) is 14.8. The summed E-state index contributed by atoms with van der Waals surface area (Å²) in [4.78, 5) is 14.3. The van der Waals surface area contributed by atoms with Crippen LogP contribution >= 0.6 is 0 Å². The molecule has 0 aliphatic rings. The van der Waals surface area contributed by atoms with Gasteiger partial charge in [0.1, 0.15) is 0 Å². The van der Waals surface area contributed by atoms with E-state index in [4.69, 9.17) is 4.74 Å². The summed E-state index contributed by atoms with van der Waals surface area (Å²) in [5, 5.41) is 11.3. The Morgan fingerprint density at radius 3 is 2.64 bits per heavy atom. The number of ether oxygens (including phenoxy) is 1. The molecule has 0 bridgehead atoms. The first-order valence-electron chi connectivity index (χ1n) is 7.50. The summed E-state index contributed by atoms with van der Waals surface area (Å²) >= 11 is 0. The Kier molecular flexibility index (Phi) is 6.18. The van der Waals surface area contributed by atoms with Crippen molar-refractivity contribution in [1.29, 1.82) is 0 Å². The average Bonchev–Trinajstić information content (AvgIpc) is 2.58. The number of nitro groups is 1. The van der Waals surface area contributed by atoms with Crippen LogP contribution in [0.4, 0.5) is 5.69 Å². The van der Waals surface area contributed by atoms with Crippen LogP contribution in [0.3, 0.4) is 0 Å². The zero-order valence-electron chi connectivity index (χ0n) is 14.0. The van der Waals surface area contributed by atoms with Gasteiger partial charge in [0.15, 0.2) is 4.90 Å². The molecule has 0 aliphatic carbocycles. The van der Waals surface area contributed by atoms with E-state index >= 15 is 0 Å². The third-order valence-corrected chi connectivity index (χ3v) is 5.65. The Morgan fingerprint density at radius 2 is 2.04 bits per heavy atom. The maximum Gasteiger partial charge on any atom is 0.289 e. The van der Waals surface area contributed by atoms with Crippen LogP contribution in [0.25, 0.3) is 0 Å². The number of hydrogen-bond donors (Lipinski definition) is 0. The largest absolute Gasteiger partial charge is 0.383 e. The van der Waals surface area contributed by atoms with Crippen molar-refractivity contribution in [3.63, 3.8) is 0 Å². The molecule has 0 aliphatic heterocycles. The minimum Gasteiger partial charge on any atom is -0.383 e. The number of pyridine rings is 1. The lowest BCUT2D eigenvalue weighted by Gasteiger charge is -2.22. The molecule has 1 aromatic carbocycles. The van der Waals surface area contributed by atoms with Crippen LogP contribution < -0.4 is 0 Å². The molecule has 0 fully saturated rings. The Balaban J connectivity index is 2.50. The fraction of sp³-hybridized carbons (Fsp3) is 0.312. The lowest BCUT2D eigenvalue weighted by molar-refractivity contribution is -0.387. The Bertz CT molecular complexity index is 840. The number of hydrogen-bond acceptors (Lipinski definition) is 6. The topological polar surface area (TPSA) is 103 Å². The lowest BCUT2D eigenvalue weighted by atomic mass is 10.2. The Morgan fingerprint density at radius 1 is 1.28 bits per heavy atom. The molecule has 1 aromatic heterocycles. The lowest BCUT2D eigenvalue weighted by Crippen LogP contribution is -2.34. The standard InChI is InChI=1S/C16H19N3O5S/c1-13-5-3-7-15(19(20)21)16(13)25(22,23)18(9-10-24-2)12-14-6-4-8-17-11-14/h3-8,11H,9-10,12H2,1-2H3. The van der Waals surface area contributed by atoms with E-state index in [9.17, 15) is 18.5 Å². The Labute approximate surface area is 146 Å². The second-order valence-electron chi connectivity index (χ2n) is 5.37. The van der Waals surface area contributed by atoms with Crippen LogP contribution in [0.2, 0.25) is 0 Å². The highest BCUT2D eigenvalue weighted by molar-refractivity contribution is 7.89. The normalized spacial score (nSPS) is 11.6. The van der Waals surface area contributed by atoms with Gasteiger partial charge in [0, 0.05) is 38.7 Å². The van der Waals surface area contributed by atoms with Gasteiger partial charge < -0.3 is 4.74 Å². The molecule has 1 heterocycles. The minimum atomic E-state index is -4.09. The van der Waals surface area contributed by atoms with E-state index < -0.39 is 20.6 Å². The van der Waals surface area contributed by atoms with Crippen LogP contribution in [-0.2, 0) is 21.3 Å². The van der Waals surface area contributed by atoms with Gasteiger partial charge in [-0.15, -0.1) is 0 Å². The van der Waals surface area contributed by atoms with Gasteiger partial charge in [-0.2, -0.15) is 4.31 Å². The highest BCUT2D eigenvalue weighted by atomic mass is 32.2. The second-order valence-corrected chi connectivity index (χ2v) is 7.25. The molecular weight excluding hydrogens is 346 g/mol. The van der Waals surface area contributed by atoms with Crippen LogP contribution in [0.1, 0.15) is 11.1 Å². The van der Waals surface area contributed by atoms with Crippen molar-refractivity contribution in [2.75, 3.05) is 20.3 Å². The molecule has 0 spiro atoms. The fourth-order valence-corrected chi connectivity index (χ4v) is 4.19. The van der Waals surface area contributed by atoms with Crippen molar-refractivity contribution in [2.45, 2.75) is 18.4 Å². The fourth-order valence-electron chi connectivity index (χ4n) is 2.42. The third kappa shape index (κ3) is 4.38. The number of nitro benzene ring substituents is 1. The maximum atomic E-state index is 13.1. The molecule has 0 N–H and O–H groups in total. The van der Waals surface area contributed by atoms with Crippen LogP contribution in [0.15, 0.2) is 47.6 Å². The van der Waals surface area contributed by atoms with Gasteiger partial charge in [-0.25, -0.2) is 8.42 Å². The summed E-state index contributed by atoms with van der Waals surface area (Å²) in [6, 6.07) is 7.64. The van der Waals surface area contributed by atoms with Crippen molar-refractivity contribution >= 4 is 15.7 Å². The Hall–Kier alpha value is -2.36. The first-order valence-corrected chi connectivity index (χ1v) is 8.94. The minimum absolute atomic E-state index is 0.0466. The molecule has 2 rings (SSSR count). The van der Waals surface area contributed by atoms with Gasteiger partial charge in [0.25, 0.3) is 15.7 Å². The van der Waals surface area contributed by atoms with Crippen molar-refractivity contribution in [2.24, 2.45) is 0 Å². The molecule has 0 saturated carbocycles. The number of sulfonamides is 1. The van der Waals surface area contributed by atoms with Crippen LogP contribution in [-0.4, -0.2) is 42.9 Å². The quantitative estimate of drug-likeness (QED) is 0.524. The van der Waals surface area contributed by atoms with Crippen LogP contribution in [0, 0.1) is 17.0 Å². The summed E-state index contributed by atoms with van der Waals surface area (Å²) < 4.78 is 32.4. The molecule has 2 aromatic rings. The third-order valence-electron chi connectivity index (χ3n) is 3.61. The van der Waals surface area contributed by atoms with Crippen molar-refractivity contribution in [3.05, 3.63) is 64.0 Å². The highest BCUT2D eigenvalue weighted by Gasteiger charge is 2.33. The predicted molar refractivity (Wildman–Crippen MR) is 91.5 cm³/mol. The maximum absolute atomic E-state index is 13.1. The molecule has 0 radical (unpaired) electrons. The molecule has 8 nitrogen and oxygen atoms in total. The van der Waals surface area contributed by atoms with Gasteiger partial charge in [-0.05, 0) is 24.1 Å². The van der Waals surface area contributed by atoms with Gasteiger partial charge in [-0.1, -0.05) is 18.2 Å². The van der Waals surface area contributed by atoms with E-state index in [-0.39, 0.29) is 24.6 Å². The van der Waals surface area contributed by atoms with Crippen molar-refractivity contribution < 1.29 is 18.1 Å². The average molecular weight is 365 g/mol. The van der Waals surface area contributed by atoms with E-state index in [1.165, 1.54) is 23.5 Å². The van der Waals surface area contributed by atoms with Crippen molar-refractivity contribution in [3.8, 4) is 0 Å². The monoisotopic (exact) mass is 365 g/mol. The molecular formula is C16H19N3O5S. The van der Waals surface area contributed by atoms with E-state index in [0.29, 0.717) is 11.1 Å². The van der Waals surface area contributed by atoms with Crippen LogP contribution in [0.5, 0.6) is 0 Å². The number of benzene rings is 1. The summed E-state index contributed by atoms with van der Waals surface area (Å²) in [7, 11) is -2.63. The summed E-state index contributed by atoms with van der Waals surface area (Å²) in [5.41, 5.74) is 0.565. The van der Waals surface area contributed by atoms with Gasteiger partial charge in [0.05, 0.1) is 11.5 Å². The molecule has 0 saturated heterocycles. The molecule has 25 heavy (non-hydrogen) atoms. The molecule has 9 heteroatoms. The number of nitrogens with zero attached hydrogens (tertiary/aromatic N) is 3. The number of methoxy groups -OCH3 is 1. The number of rotatable bonds is 8. The summed E-state index contributed by atoms with van der Waals surface area (Å²) in [5.74, 6) is 0. The van der Waals surface area contributed by atoms with E-state index in [1.807, 2.05) is 0 Å². The second kappa shape index (κ2) is 8.15. The SMILES string of the molecule is COCCN(Cc1cccnc1)S(=O)(=O)c1c(C)cccc1[N+](=O)[O-]. The zero-order chi connectivity index (χ0) is 18.4. The molecule has 0 unspecified atom stereocenters. The predicted octanol–water partition coefficient (Wildman–Crippen LogP) is 2.14. The van der Waals surface area contributed by atoms with Gasteiger partial charge >= 0.3 is 0 Å². The smallest absolute Gasteiger partial charge is 0.289 e. The molecule has 134 valence electrons.